The first-order chi connectivity index (χ1) is 12.5. The number of likely N-dealkylation sites (tertiary alicyclic amines) is 1. The fourth-order valence-electron chi connectivity index (χ4n) is 2.99. The highest BCUT2D eigenvalue weighted by Gasteiger charge is 2.27. The van der Waals surface area contributed by atoms with Crippen LogP contribution in [0.3, 0.4) is 0 Å². The van der Waals surface area contributed by atoms with Gasteiger partial charge in [-0.05, 0) is 31.9 Å². The second kappa shape index (κ2) is 10.0. The molecule has 1 atom stereocenters. The maximum Gasteiger partial charge on any atom is 0.225 e. The van der Waals surface area contributed by atoms with Crippen LogP contribution in [0.4, 0.5) is 0 Å². The highest BCUT2D eigenvalue weighted by atomic mass is 16.5. The Morgan fingerprint density at radius 3 is 2.85 bits per heavy atom. The summed E-state index contributed by atoms with van der Waals surface area (Å²) in [6, 6.07) is 8.23. The van der Waals surface area contributed by atoms with E-state index in [1.165, 1.54) is 0 Å². The van der Waals surface area contributed by atoms with Gasteiger partial charge in [-0.3, -0.25) is 4.79 Å². The smallest absolute Gasteiger partial charge is 0.225 e. The van der Waals surface area contributed by atoms with E-state index >= 15 is 0 Å². The molecule has 26 heavy (non-hydrogen) atoms. The van der Waals surface area contributed by atoms with Crippen molar-refractivity contribution < 1.29 is 9.53 Å². The minimum absolute atomic E-state index is 0.0502. The third-order valence-corrected chi connectivity index (χ3v) is 4.39. The zero-order valence-corrected chi connectivity index (χ0v) is 16.4. The maximum absolute atomic E-state index is 12.1. The first-order valence-electron chi connectivity index (χ1n) is 9.53. The number of carbonyl (C=O) groups excluding carboxylic acids is 1. The number of carbonyl (C=O) groups is 1. The summed E-state index contributed by atoms with van der Waals surface area (Å²) in [6.45, 7) is 11.4. The van der Waals surface area contributed by atoms with Crippen molar-refractivity contribution in [2.24, 2.45) is 10.9 Å². The topological polar surface area (TPSA) is 66.0 Å². The second-order valence-electron chi connectivity index (χ2n) is 6.94. The van der Waals surface area contributed by atoms with Crippen LogP contribution >= 0.6 is 0 Å². The van der Waals surface area contributed by atoms with Crippen LogP contribution in [0, 0.1) is 12.8 Å². The molecular formula is C20H32N4O2. The lowest BCUT2D eigenvalue weighted by atomic mass is 10.2. The standard InChI is InChI=1S/C20H32N4O2/c1-5-21-20(22-11-13-26-18-9-7-6-8-16(18)4)23-17-10-12-24(14-17)19(25)15(2)3/h6-9,15,17H,5,10-14H2,1-4H3,(H2,21,22,23). The van der Waals surface area contributed by atoms with Gasteiger partial charge in [0.25, 0.3) is 0 Å². The van der Waals surface area contributed by atoms with Gasteiger partial charge in [0.2, 0.25) is 5.91 Å². The second-order valence-corrected chi connectivity index (χ2v) is 6.94. The van der Waals surface area contributed by atoms with Crippen molar-refractivity contribution in [1.29, 1.82) is 0 Å². The Bertz CT molecular complexity index is 616. The predicted octanol–water partition coefficient (Wildman–Crippen LogP) is 2.19. The molecule has 1 saturated heterocycles. The summed E-state index contributed by atoms with van der Waals surface area (Å²) in [4.78, 5) is 18.6. The number of hydrogen-bond donors (Lipinski definition) is 2. The van der Waals surface area contributed by atoms with Crippen LogP contribution in [-0.4, -0.2) is 55.6 Å². The SMILES string of the molecule is CCNC(=NCCOc1ccccc1C)NC1CCN(C(=O)C(C)C)C1. The van der Waals surface area contributed by atoms with Gasteiger partial charge in [0.05, 0.1) is 6.54 Å². The maximum atomic E-state index is 12.1. The van der Waals surface area contributed by atoms with Crippen LogP contribution in [0.5, 0.6) is 5.75 Å². The molecule has 1 amide bonds. The molecule has 0 saturated carbocycles. The van der Waals surface area contributed by atoms with Gasteiger partial charge in [0.1, 0.15) is 12.4 Å². The molecule has 0 radical (unpaired) electrons. The Labute approximate surface area is 157 Å². The fourth-order valence-corrected chi connectivity index (χ4v) is 2.99. The first-order valence-corrected chi connectivity index (χ1v) is 9.53. The summed E-state index contributed by atoms with van der Waals surface area (Å²) in [5.41, 5.74) is 1.13. The van der Waals surface area contributed by atoms with Gasteiger partial charge in [-0.2, -0.15) is 0 Å². The molecule has 6 nitrogen and oxygen atoms in total. The number of aliphatic imine (C=N–C) groups is 1. The number of guanidine groups is 1. The number of hydrogen-bond acceptors (Lipinski definition) is 3. The monoisotopic (exact) mass is 360 g/mol. The average molecular weight is 361 g/mol. The lowest BCUT2D eigenvalue weighted by Gasteiger charge is -2.20. The van der Waals surface area contributed by atoms with Gasteiger partial charge in [0, 0.05) is 31.6 Å². The number of para-hydroxylation sites is 1. The number of nitrogens with one attached hydrogen (secondary N) is 2. The molecule has 2 rings (SSSR count). The highest BCUT2D eigenvalue weighted by Crippen LogP contribution is 2.16. The molecule has 0 bridgehead atoms. The summed E-state index contributed by atoms with van der Waals surface area (Å²) in [5, 5.41) is 6.71. The summed E-state index contributed by atoms with van der Waals surface area (Å²) in [6.07, 6.45) is 0.947. The van der Waals surface area contributed by atoms with Crippen molar-refractivity contribution in [3.63, 3.8) is 0 Å². The van der Waals surface area contributed by atoms with Crippen LogP contribution in [0.2, 0.25) is 0 Å². The number of amides is 1. The van der Waals surface area contributed by atoms with E-state index < -0.39 is 0 Å². The molecule has 2 N–H and O–H groups in total. The van der Waals surface area contributed by atoms with Crippen molar-refractivity contribution >= 4 is 11.9 Å². The third-order valence-electron chi connectivity index (χ3n) is 4.39. The highest BCUT2D eigenvalue weighted by molar-refractivity contribution is 5.81. The molecule has 0 spiro atoms. The predicted molar refractivity (Wildman–Crippen MR) is 106 cm³/mol. The number of benzene rings is 1. The van der Waals surface area contributed by atoms with E-state index in [1.54, 1.807) is 0 Å². The Morgan fingerprint density at radius 2 is 2.15 bits per heavy atom. The minimum atomic E-state index is 0.0502. The molecule has 1 aliphatic heterocycles. The molecule has 1 fully saturated rings. The normalized spacial score (nSPS) is 17.5. The molecule has 6 heteroatoms. The first kappa shape index (κ1) is 20.1. The molecule has 1 aromatic rings. The van der Waals surface area contributed by atoms with Crippen molar-refractivity contribution in [1.82, 2.24) is 15.5 Å². The lowest BCUT2D eigenvalue weighted by Crippen LogP contribution is -2.45. The Balaban J connectivity index is 1.81. The average Bonchev–Trinajstić information content (AvgIpc) is 3.07. The van der Waals surface area contributed by atoms with E-state index in [0.717, 1.165) is 43.3 Å². The number of ether oxygens (including phenoxy) is 1. The Kier molecular flexibility index (Phi) is 7.75. The van der Waals surface area contributed by atoms with Crippen LogP contribution in [-0.2, 0) is 4.79 Å². The van der Waals surface area contributed by atoms with E-state index in [-0.39, 0.29) is 17.9 Å². The van der Waals surface area contributed by atoms with Crippen molar-refractivity contribution in [3.8, 4) is 5.75 Å². The molecule has 1 heterocycles. The third kappa shape index (κ3) is 5.93. The number of rotatable bonds is 7. The molecule has 1 aliphatic rings. The molecular weight excluding hydrogens is 328 g/mol. The largest absolute Gasteiger partial charge is 0.491 e. The van der Waals surface area contributed by atoms with E-state index in [4.69, 9.17) is 4.74 Å². The van der Waals surface area contributed by atoms with Crippen molar-refractivity contribution in [2.45, 2.75) is 40.2 Å². The van der Waals surface area contributed by atoms with Gasteiger partial charge in [0.15, 0.2) is 5.96 Å². The van der Waals surface area contributed by atoms with Crippen LogP contribution in [0.1, 0.15) is 32.8 Å². The summed E-state index contributed by atoms with van der Waals surface area (Å²) in [7, 11) is 0. The summed E-state index contributed by atoms with van der Waals surface area (Å²) >= 11 is 0. The van der Waals surface area contributed by atoms with Gasteiger partial charge in [-0.1, -0.05) is 32.0 Å². The Morgan fingerprint density at radius 1 is 1.38 bits per heavy atom. The zero-order chi connectivity index (χ0) is 18.9. The summed E-state index contributed by atoms with van der Waals surface area (Å²) in [5.74, 6) is 1.96. The van der Waals surface area contributed by atoms with Gasteiger partial charge < -0.3 is 20.3 Å². The Hall–Kier alpha value is -2.24. The van der Waals surface area contributed by atoms with Gasteiger partial charge in [-0.25, -0.2) is 4.99 Å². The summed E-state index contributed by atoms with van der Waals surface area (Å²) < 4.78 is 5.79. The molecule has 0 aliphatic carbocycles. The van der Waals surface area contributed by atoms with E-state index in [1.807, 2.05) is 56.9 Å². The van der Waals surface area contributed by atoms with E-state index in [2.05, 4.69) is 15.6 Å². The zero-order valence-electron chi connectivity index (χ0n) is 16.4. The molecule has 1 unspecified atom stereocenters. The van der Waals surface area contributed by atoms with Crippen molar-refractivity contribution in [3.05, 3.63) is 29.8 Å². The van der Waals surface area contributed by atoms with Crippen molar-refractivity contribution in [2.75, 3.05) is 32.8 Å². The van der Waals surface area contributed by atoms with E-state index in [9.17, 15) is 4.79 Å². The van der Waals surface area contributed by atoms with Gasteiger partial charge in [-0.15, -0.1) is 0 Å². The number of nitrogens with zero attached hydrogens (tertiary/aromatic N) is 2. The molecule has 144 valence electrons. The van der Waals surface area contributed by atoms with Crippen LogP contribution in [0.15, 0.2) is 29.3 Å². The van der Waals surface area contributed by atoms with Crippen LogP contribution < -0.4 is 15.4 Å². The lowest BCUT2D eigenvalue weighted by molar-refractivity contribution is -0.133. The minimum Gasteiger partial charge on any atom is -0.491 e. The van der Waals surface area contributed by atoms with E-state index in [0.29, 0.717) is 13.2 Å². The van der Waals surface area contributed by atoms with Crippen LogP contribution in [0.25, 0.3) is 0 Å². The fraction of sp³-hybridized carbons (Fsp3) is 0.600. The quantitative estimate of drug-likeness (QED) is 0.444. The molecule has 0 aromatic heterocycles. The number of aryl methyl sites for hydroxylation is 1. The van der Waals surface area contributed by atoms with Gasteiger partial charge >= 0.3 is 0 Å². The molecule has 1 aromatic carbocycles.